The van der Waals surface area contributed by atoms with Crippen molar-refractivity contribution in [3.63, 3.8) is 0 Å². The number of ether oxygens (including phenoxy) is 2. The van der Waals surface area contributed by atoms with E-state index < -0.39 is 30.2 Å². The second-order valence-corrected chi connectivity index (χ2v) is 6.56. The highest BCUT2D eigenvalue weighted by Crippen LogP contribution is 2.34. The third kappa shape index (κ3) is 4.74. The van der Waals surface area contributed by atoms with Crippen LogP contribution >= 0.6 is 11.6 Å². The Labute approximate surface area is 173 Å². The van der Waals surface area contributed by atoms with E-state index in [0.717, 1.165) is 12.1 Å². The van der Waals surface area contributed by atoms with Crippen molar-refractivity contribution in [2.24, 2.45) is 0 Å². The summed E-state index contributed by atoms with van der Waals surface area (Å²) in [5.74, 6) is -1.90. The quantitative estimate of drug-likeness (QED) is 0.542. The zero-order chi connectivity index (χ0) is 21.9. The van der Waals surface area contributed by atoms with Crippen LogP contribution in [-0.4, -0.2) is 25.6 Å². The van der Waals surface area contributed by atoms with E-state index in [1.807, 2.05) is 0 Å². The summed E-state index contributed by atoms with van der Waals surface area (Å²) in [6.07, 6.45) is -4.60. The fourth-order valence-corrected chi connectivity index (χ4v) is 2.90. The molecule has 2 aromatic carbocycles. The highest BCUT2D eigenvalue weighted by Gasteiger charge is 2.31. The van der Waals surface area contributed by atoms with Crippen molar-refractivity contribution in [1.82, 2.24) is 0 Å². The predicted octanol–water partition coefficient (Wildman–Crippen LogP) is 5.05. The predicted molar refractivity (Wildman–Crippen MR) is 102 cm³/mol. The molecule has 30 heavy (non-hydrogen) atoms. The average Bonchev–Trinajstić information content (AvgIpc) is 3.06. The van der Waals surface area contributed by atoms with Crippen LogP contribution in [0.5, 0.6) is 0 Å². The number of furan rings is 1. The Morgan fingerprint density at radius 2 is 1.90 bits per heavy atom. The standard InChI is InChI=1S/C20H15ClF3NO5/c1-28-9-13-12-4-2-3-5-16(12)30-18(13)19(27)29-10-17(26)25-15-8-11(20(22,23)24)6-7-14(15)21/h2-8H,9-10H2,1H3,(H,25,26). The molecule has 0 aliphatic carbocycles. The number of fused-ring (bicyclic) bond motifs is 1. The molecule has 0 saturated heterocycles. The van der Waals surface area contributed by atoms with Crippen LogP contribution in [0.4, 0.5) is 18.9 Å². The number of amides is 1. The number of halogens is 4. The molecule has 0 unspecified atom stereocenters. The van der Waals surface area contributed by atoms with Gasteiger partial charge in [0.25, 0.3) is 5.91 Å². The summed E-state index contributed by atoms with van der Waals surface area (Å²) in [4.78, 5) is 24.5. The minimum Gasteiger partial charge on any atom is -0.450 e. The zero-order valence-corrected chi connectivity index (χ0v) is 16.3. The summed E-state index contributed by atoms with van der Waals surface area (Å²) in [6, 6.07) is 9.38. The van der Waals surface area contributed by atoms with Gasteiger partial charge >= 0.3 is 12.1 Å². The lowest BCUT2D eigenvalue weighted by Crippen LogP contribution is -2.21. The van der Waals surface area contributed by atoms with Gasteiger partial charge in [0.2, 0.25) is 5.76 Å². The summed E-state index contributed by atoms with van der Waals surface area (Å²) in [5, 5.41) is 2.76. The minimum atomic E-state index is -4.60. The van der Waals surface area contributed by atoms with E-state index >= 15 is 0 Å². The minimum absolute atomic E-state index is 0.0769. The van der Waals surface area contributed by atoms with Gasteiger partial charge in [-0.2, -0.15) is 13.2 Å². The van der Waals surface area contributed by atoms with Gasteiger partial charge < -0.3 is 19.2 Å². The second kappa shape index (κ2) is 8.76. The van der Waals surface area contributed by atoms with Gasteiger partial charge in [-0.3, -0.25) is 4.79 Å². The number of nitrogens with one attached hydrogen (secondary N) is 1. The third-order valence-electron chi connectivity index (χ3n) is 4.07. The molecule has 0 spiro atoms. The van der Waals surface area contributed by atoms with Crippen molar-refractivity contribution in [2.45, 2.75) is 12.8 Å². The number of para-hydroxylation sites is 1. The highest BCUT2D eigenvalue weighted by atomic mass is 35.5. The maximum Gasteiger partial charge on any atom is 0.416 e. The van der Waals surface area contributed by atoms with Crippen LogP contribution in [0.3, 0.4) is 0 Å². The molecule has 0 saturated carbocycles. The lowest BCUT2D eigenvalue weighted by atomic mass is 10.1. The van der Waals surface area contributed by atoms with Crippen molar-refractivity contribution in [2.75, 3.05) is 19.0 Å². The topological polar surface area (TPSA) is 77.8 Å². The molecule has 0 atom stereocenters. The number of carbonyl (C=O) groups excluding carboxylic acids is 2. The summed E-state index contributed by atoms with van der Waals surface area (Å²) in [5.41, 5.74) is -0.335. The second-order valence-electron chi connectivity index (χ2n) is 6.16. The van der Waals surface area contributed by atoms with Gasteiger partial charge in [-0.1, -0.05) is 29.8 Å². The largest absolute Gasteiger partial charge is 0.450 e. The Bertz CT molecular complexity index is 1090. The lowest BCUT2D eigenvalue weighted by Gasteiger charge is -2.11. The number of methoxy groups -OCH3 is 1. The molecule has 1 N–H and O–H groups in total. The van der Waals surface area contributed by atoms with E-state index in [2.05, 4.69) is 5.32 Å². The molecule has 0 radical (unpaired) electrons. The van der Waals surface area contributed by atoms with Gasteiger partial charge in [0, 0.05) is 18.1 Å². The Morgan fingerprint density at radius 1 is 1.17 bits per heavy atom. The van der Waals surface area contributed by atoms with Crippen molar-refractivity contribution >= 4 is 40.1 Å². The van der Waals surface area contributed by atoms with E-state index in [1.54, 1.807) is 24.3 Å². The number of alkyl halides is 3. The molecule has 1 heterocycles. The number of hydrogen-bond donors (Lipinski definition) is 1. The van der Waals surface area contributed by atoms with Crippen molar-refractivity contribution in [3.8, 4) is 0 Å². The Kier molecular flexibility index (Phi) is 6.33. The monoisotopic (exact) mass is 441 g/mol. The molecular formula is C20H15ClF3NO5. The number of hydrogen-bond acceptors (Lipinski definition) is 5. The van der Waals surface area contributed by atoms with Crippen LogP contribution in [0.15, 0.2) is 46.9 Å². The molecule has 3 rings (SSSR count). The molecule has 0 fully saturated rings. The summed E-state index contributed by atoms with van der Waals surface area (Å²) >= 11 is 5.83. The highest BCUT2D eigenvalue weighted by molar-refractivity contribution is 6.33. The first-order valence-electron chi connectivity index (χ1n) is 8.53. The fraction of sp³-hybridized carbons (Fsp3) is 0.200. The van der Waals surface area contributed by atoms with E-state index in [4.69, 9.17) is 25.5 Å². The third-order valence-corrected chi connectivity index (χ3v) is 4.40. The van der Waals surface area contributed by atoms with Crippen LogP contribution in [0.25, 0.3) is 11.0 Å². The molecule has 158 valence electrons. The lowest BCUT2D eigenvalue weighted by molar-refractivity contribution is -0.137. The Morgan fingerprint density at radius 3 is 2.60 bits per heavy atom. The van der Waals surface area contributed by atoms with Gasteiger partial charge in [0.1, 0.15) is 5.58 Å². The van der Waals surface area contributed by atoms with Gasteiger partial charge in [0.05, 0.1) is 22.9 Å². The maximum atomic E-state index is 12.8. The first-order chi connectivity index (χ1) is 14.2. The average molecular weight is 442 g/mol. The summed E-state index contributed by atoms with van der Waals surface area (Å²) < 4.78 is 54.0. The summed E-state index contributed by atoms with van der Waals surface area (Å²) in [6.45, 7) is -0.678. The maximum absolute atomic E-state index is 12.8. The van der Waals surface area contributed by atoms with Crippen molar-refractivity contribution < 1.29 is 36.7 Å². The van der Waals surface area contributed by atoms with E-state index in [-0.39, 0.29) is 23.1 Å². The number of rotatable bonds is 6. The molecular weight excluding hydrogens is 427 g/mol. The van der Waals surface area contributed by atoms with Crippen LogP contribution in [0.2, 0.25) is 5.02 Å². The number of carbonyl (C=O) groups is 2. The van der Waals surface area contributed by atoms with Crippen molar-refractivity contribution in [1.29, 1.82) is 0 Å². The SMILES string of the molecule is COCc1c(C(=O)OCC(=O)Nc2cc(C(F)(F)F)ccc2Cl)oc2ccccc12. The molecule has 1 aromatic heterocycles. The molecule has 0 bridgehead atoms. The van der Waals surface area contributed by atoms with Crippen LogP contribution < -0.4 is 5.32 Å². The molecule has 10 heteroatoms. The van der Waals surface area contributed by atoms with E-state index in [1.165, 1.54) is 7.11 Å². The van der Waals surface area contributed by atoms with Gasteiger partial charge in [-0.05, 0) is 24.3 Å². The molecule has 1 amide bonds. The number of esters is 1. The summed E-state index contributed by atoms with van der Waals surface area (Å²) in [7, 11) is 1.45. The van der Waals surface area contributed by atoms with E-state index in [9.17, 15) is 22.8 Å². The molecule has 0 aliphatic heterocycles. The molecule has 0 aliphatic rings. The number of benzene rings is 2. The van der Waals surface area contributed by atoms with Crippen LogP contribution in [-0.2, 0) is 27.1 Å². The van der Waals surface area contributed by atoms with Gasteiger partial charge in [-0.25, -0.2) is 4.79 Å². The van der Waals surface area contributed by atoms with Gasteiger partial charge in [0.15, 0.2) is 6.61 Å². The fourth-order valence-electron chi connectivity index (χ4n) is 2.73. The Balaban J connectivity index is 1.71. The van der Waals surface area contributed by atoms with E-state index in [0.29, 0.717) is 22.6 Å². The first-order valence-corrected chi connectivity index (χ1v) is 8.91. The van der Waals surface area contributed by atoms with Crippen LogP contribution in [0.1, 0.15) is 21.7 Å². The molecule has 6 nitrogen and oxygen atoms in total. The Hall–Kier alpha value is -3.04. The van der Waals surface area contributed by atoms with Crippen LogP contribution in [0, 0.1) is 0 Å². The van der Waals surface area contributed by atoms with Crippen molar-refractivity contribution in [3.05, 3.63) is 64.4 Å². The first kappa shape index (κ1) is 21.7. The normalized spacial score (nSPS) is 11.5. The number of anilines is 1. The zero-order valence-electron chi connectivity index (χ0n) is 15.5. The van der Waals surface area contributed by atoms with Gasteiger partial charge in [-0.15, -0.1) is 0 Å². The smallest absolute Gasteiger partial charge is 0.416 e. The molecule has 3 aromatic rings.